The van der Waals surface area contributed by atoms with E-state index in [1.165, 1.54) is 15.6 Å². The van der Waals surface area contributed by atoms with E-state index in [1.807, 2.05) is 43.3 Å². The molecule has 0 spiro atoms. The van der Waals surface area contributed by atoms with E-state index in [1.54, 1.807) is 19.1 Å². The summed E-state index contributed by atoms with van der Waals surface area (Å²) in [6, 6.07) is 14.9. The van der Waals surface area contributed by atoms with E-state index in [0.29, 0.717) is 6.42 Å². The van der Waals surface area contributed by atoms with Crippen LogP contribution in [0, 0.1) is 0 Å². The summed E-state index contributed by atoms with van der Waals surface area (Å²) < 4.78 is 2.87. The number of hydrogen-bond acceptors (Lipinski definition) is 6. The van der Waals surface area contributed by atoms with E-state index < -0.39 is 6.10 Å². The lowest BCUT2D eigenvalue weighted by Gasteiger charge is -2.37. The second kappa shape index (κ2) is 8.85. The van der Waals surface area contributed by atoms with Crippen molar-refractivity contribution in [2.75, 3.05) is 36.0 Å². The predicted molar refractivity (Wildman–Crippen MR) is 121 cm³/mol. The molecule has 1 aromatic heterocycles. The Kier molecular flexibility index (Phi) is 5.99. The lowest BCUT2D eigenvalue weighted by atomic mass is 10.1. The summed E-state index contributed by atoms with van der Waals surface area (Å²) in [5, 5.41) is 23.6. The molecule has 2 N–H and O–H groups in total. The molecule has 0 bridgehead atoms. The minimum atomic E-state index is -0.645. The van der Waals surface area contributed by atoms with Crippen LogP contribution in [0.1, 0.15) is 26.3 Å². The van der Waals surface area contributed by atoms with Crippen molar-refractivity contribution in [2.45, 2.75) is 32.4 Å². The number of aliphatic hydroxyl groups is 1. The highest BCUT2D eigenvalue weighted by Crippen LogP contribution is 2.23. The maximum Gasteiger partial charge on any atom is 0.350 e. The first-order valence-electron chi connectivity index (χ1n) is 10.7. The van der Waals surface area contributed by atoms with Crippen molar-refractivity contribution in [3.05, 3.63) is 65.3 Å². The van der Waals surface area contributed by atoms with E-state index in [-0.39, 0.29) is 17.5 Å². The molecule has 0 aliphatic carbocycles. The molecule has 1 aliphatic heterocycles. The monoisotopic (exact) mass is 423 g/mol. The van der Waals surface area contributed by atoms with Crippen LogP contribution in [-0.4, -0.2) is 56.8 Å². The molecule has 1 aliphatic rings. The van der Waals surface area contributed by atoms with Gasteiger partial charge in [-0.1, -0.05) is 6.92 Å². The van der Waals surface area contributed by atoms with E-state index >= 15 is 0 Å². The second-order valence-corrected chi connectivity index (χ2v) is 7.95. The zero-order valence-corrected chi connectivity index (χ0v) is 17.9. The summed E-state index contributed by atoms with van der Waals surface area (Å²) in [4.78, 5) is 17.4. The molecule has 1 saturated heterocycles. The van der Waals surface area contributed by atoms with E-state index in [0.717, 1.165) is 43.2 Å². The highest BCUT2D eigenvalue weighted by atomic mass is 16.3. The van der Waals surface area contributed by atoms with Crippen LogP contribution >= 0.6 is 0 Å². The minimum absolute atomic E-state index is 0.247. The molecule has 164 valence electrons. The molecule has 2 atom stereocenters. The summed E-state index contributed by atoms with van der Waals surface area (Å²) in [5.74, 6) is 0.281. The van der Waals surface area contributed by atoms with Crippen molar-refractivity contribution >= 4 is 11.4 Å². The van der Waals surface area contributed by atoms with Crippen molar-refractivity contribution < 1.29 is 10.2 Å². The van der Waals surface area contributed by atoms with Crippen molar-refractivity contribution in [1.82, 2.24) is 14.3 Å². The molecular weight excluding hydrogens is 394 g/mol. The van der Waals surface area contributed by atoms with Gasteiger partial charge in [0.05, 0.1) is 17.8 Å². The van der Waals surface area contributed by atoms with Crippen LogP contribution in [0.3, 0.4) is 0 Å². The van der Waals surface area contributed by atoms with Crippen molar-refractivity contribution in [3.8, 4) is 11.4 Å². The summed E-state index contributed by atoms with van der Waals surface area (Å²) in [6.45, 7) is 7.19. The number of aliphatic hydroxyl groups excluding tert-OH is 1. The topological polar surface area (TPSA) is 86.8 Å². The number of aromatic nitrogens is 3. The number of rotatable bonds is 6. The molecular formula is C23H29N5O3. The van der Waals surface area contributed by atoms with Crippen LogP contribution in [0.2, 0.25) is 0 Å². The van der Waals surface area contributed by atoms with Gasteiger partial charge in [0.15, 0.2) is 0 Å². The number of phenols is 1. The lowest BCUT2D eigenvalue weighted by Crippen LogP contribution is -2.46. The Morgan fingerprint density at radius 1 is 0.903 bits per heavy atom. The molecule has 0 amide bonds. The summed E-state index contributed by atoms with van der Waals surface area (Å²) in [6.07, 6.45) is 1.50. The highest BCUT2D eigenvalue weighted by Gasteiger charge is 2.21. The fourth-order valence-electron chi connectivity index (χ4n) is 4.15. The van der Waals surface area contributed by atoms with Gasteiger partial charge in [0.1, 0.15) is 12.1 Å². The van der Waals surface area contributed by atoms with Gasteiger partial charge < -0.3 is 20.0 Å². The van der Waals surface area contributed by atoms with Gasteiger partial charge in [-0.15, -0.1) is 0 Å². The molecule has 2 heterocycles. The van der Waals surface area contributed by atoms with Crippen molar-refractivity contribution in [2.24, 2.45) is 0 Å². The average Bonchev–Trinajstić information content (AvgIpc) is 3.16. The molecule has 2 aromatic carbocycles. The third-order valence-electron chi connectivity index (χ3n) is 5.97. The van der Waals surface area contributed by atoms with Gasteiger partial charge in [0.25, 0.3) is 0 Å². The second-order valence-electron chi connectivity index (χ2n) is 7.95. The van der Waals surface area contributed by atoms with Gasteiger partial charge in [-0.05, 0) is 61.9 Å². The Morgan fingerprint density at radius 2 is 1.39 bits per heavy atom. The van der Waals surface area contributed by atoms with Gasteiger partial charge in [-0.2, -0.15) is 5.10 Å². The quantitative estimate of drug-likeness (QED) is 0.633. The molecule has 8 nitrogen and oxygen atoms in total. The maximum absolute atomic E-state index is 12.8. The van der Waals surface area contributed by atoms with E-state index in [9.17, 15) is 15.0 Å². The Labute approximate surface area is 181 Å². The van der Waals surface area contributed by atoms with Gasteiger partial charge in [0, 0.05) is 37.6 Å². The fourth-order valence-corrected chi connectivity index (χ4v) is 4.15. The standard InChI is InChI=1S/C23H29N5O3/c1-3-22(17(2)29)28-23(31)27(16-24-28)20-6-4-18(5-7-20)25-12-14-26(15-13-25)19-8-10-21(30)11-9-19/h4-11,16-17,22,29-30H,3,12-15H2,1-2H3/t17-,22+/m1/s1. The maximum atomic E-state index is 12.8. The SMILES string of the molecule is CC[C@@H]([C@@H](C)O)n1ncn(-c2ccc(N3CCN(c4ccc(O)cc4)CC3)cc2)c1=O. The molecule has 8 heteroatoms. The smallest absolute Gasteiger partial charge is 0.350 e. The Bertz CT molecular complexity index is 1050. The largest absolute Gasteiger partial charge is 0.508 e. The fraction of sp³-hybridized carbons (Fsp3) is 0.391. The van der Waals surface area contributed by atoms with Crippen LogP contribution in [-0.2, 0) is 0 Å². The predicted octanol–water partition coefficient (Wildman–Crippen LogP) is 2.40. The molecule has 3 aromatic rings. The van der Waals surface area contributed by atoms with Gasteiger partial charge in [-0.25, -0.2) is 14.0 Å². The Hall–Kier alpha value is -3.26. The zero-order valence-electron chi connectivity index (χ0n) is 17.9. The van der Waals surface area contributed by atoms with Gasteiger partial charge >= 0.3 is 5.69 Å². The number of nitrogens with zero attached hydrogens (tertiary/aromatic N) is 5. The van der Waals surface area contributed by atoms with Crippen molar-refractivity contribution in [1.29, 1.82) is 0 Å². The Balaban J connectivity index is 1.44. The van der Waals surface area contributed by atoms with Crippen LogP contribution in [0.15, 0.2) is 59.7 Å². The van der Waals surface area contributed by atoms with Gasteiger partial charge in [0.2, 0.25) is 0 Å². The molecule has 4 rings (SSSR count). The average molecular weight is 424 g/mol. The van der Waals surface area contributed by atoms with Crippen molar-refractivity contribution in [3.63, 3.8) is 0 Å². The third kappa shape index (κ3) is 4.29. The highest BCUT2D eigenvalue weighted by molar-refractivity contribution is 5.54. The number of benzene rings is 2. The summed E-state index contributed by atoms with van der Waals surface area (Å²) in [5.41, 5.74) is 2.74. The molecule has 0 radical (unpaired) electrons. The first-order chi connectivity index (χ1) is 15.0. The first kappa shape index (κ1) is 21.0. The lowest BCUT2D eigenvalue weighted by molar-refractivity contribution is 0.118. The summed E-state index contributed by atoms with van der Waals surface area (Å²) >= 11 is 0. The minimum Gasteiger partial charge on any atom is -0.508 e. The molecule has 0 unspecified atom stereocenters. The number of phenolic OH excluding ortho intramolecular Hbond substituents is 1. The Morgan fingerprint density at radius 3 is 1.87 bits per heavy atom. The van der Waals surface area contributed by atoms with Crippen LogP contribution < -0.4 is 15.5 Å². The summed E-state index contributed by atoms with van der Waals surface area (Å²) in [7, 11) is 0. The third-order valence-corrected chi connectivity index (χ3v) is 5.97. The first-order valence-corrected chi connectivity index (χ1v) is 10.7. The number of piperazine rings is 1. The van der Waals surface area contributed by atoms with Crippen LogP contribution in [0.5, 0.6) is 5.75 Å². The van der Waals surface area contributed by atoms with Crippen LogP contribution in [0.25, 0.3) is 5.69 Å². The number of aromatic hydroxyl groups is 1. The number of hydrogen-bond donors (Lipinski definition) is 2. The zero-order chi connectivity index (χ0) is 22.0. The van der Waals surface area contributed by atoms with E-state index in [4.69, 9.17) is 0 Å². The van der Waals surface area contributed by atoms with Gasteiger partial charge in [-0.3, -0.25) is 0 Å². The molecule has 0 saturated carbocycles. The molecule has 31 heavy (non-hydrogen) atoms. The van der Waals surface area contributed by atoms with Crippen LogP contribution in [0.4, 0.5) is 11.4 Å². The number of anilines is 2. The normalized spacial score (nSPS) is 16.4. The van der Waals surface area contributed by atoms with E-state index in [2.05, 4.69) is 14.9 Å². The molecule has 1 fully saturated rings.